The van der Waals surface area contributed by atoms with Crippen molar-refractivity contribution >= 4 is 5.78 Å². The summed E-state index contributed by atoms with van der Waals surface area (Å²) in [6.45, 7) is 2.98. The molecule has 1 heterocycles. The minimum Gasteiger partial charge on any atom is -0.388 e. The predicted octanol–water partition coefficient (Wildman–Crippen LogP) is -1.16. The van der Waals surface area contributed by atoms with Crippen molar-refractivity contribution in [2.75, 3.05) is 0 Å². The van der Waals surface area contributed by atoms with E-state index in [1.54, 1.807) is 6.92 Å². The standard InChI is InChI=1S/C9H16O5/c1-4(10)3-6-8(12)9(13)7(11)5(2)14-6/h5-9,11-13H,3H2,1-2H3/t5-,6?,7+,8+,9+/m0/s1. The van der Waals surface area contributed by atoms with Gasteiger partial charge in [-0.3, -0.25) is 4.79 Å². The average molecular weight is 204 g/mol. The Kier molecular flexibility index (Phi) is 3.60. The van der Waals surface area contributed by atoms with Gasteiger partial charge in [0.25, 0.3) is 0 Å². The first-order chi connectivity index (χ1) is 6.43. The quantitative estimate of drug-likeness (QED) is 0.528. The zero-order valence-corrected chi connectivity index (χ0v) is 8.25. The first-order valence-electron chi connectivity index (χ1n) is 4.62. The third kappa shape index (κ3) is 2.30. The first kappa shape index (κ1) is 11.6. The Morgan fingerprint density at radius 1 is 1.21 bits per heavy atom. The summed E-state index contributed by atoms with van der Waals surface area (Å²) in [5.41, 5.74) is 0. The van der Waals surface area contributed by atoms with Crippen molar-refractivity contribution in [2.24, 2.45) is 0 Å². The molecule has 14 heavy (non-hydrogen) atoms. The van der Waals surface area contributed by atoms with Gasteiger partial charge in [-0.05, 0) is 13.8 Å². The molecule has 1 rings (SSSR count). The zero-order chi connectivity index (χ0) is 10.9. The fraction of sp³-hybridized carbons (Fsp3) is 0.889. The third-order valence-electron chi connectivity index (χ3n) is 2.44. The molecule has 0 saturated carbocycles. The molecule has 1 saturated heterocycles. The molecule has 0 aromatic heterocycles. The van der Waals surface area contributed by atoms with Crippen molar-refractivity contribution in [1.29, 1.82) is 0 Å². The molecule has 1 aliphatic heterocycles. The minimum atomic E-state index is -1.25. The Morgan fingerprint density at radius 2 is 1.79 bits per heavy atom. The monoisotopic (exact) mass is 204 g/mol. The van der Waals surface area contributed by atoms with E-state index in [0.29, 0.717) is 0 Å². The lowest BCUT2D eigenvalue weighted by Crippen LogP contribution is -2.56. The fourth-order valence-corrected chi connectivity index (χ4v) is 1.59. The zero-order valence-electron chi connectivity index (χ0n) is 8.25. The van der Waals surface area contributed by atoms with Gasteiger partial charge in [-0.2, -0.15) is 0 Å². The molecular weight excluding hydrogens is 188 g/mol. The number of carbonyl (C=O) groups is 1. The van der Waals surface area contributed by atoms with E-state index in [-0.39, 0.29) is 12.2 Å². The molecule has 0 bridgehead atoms. The molecule has 5 atom stereocenters. The highest BCUT2D eigenvalue weighted by molar-refractivity contribution is 5.76. The Hall–Kier alpha value is -0.490. The van der Waals surface area contributed by atoms with Crippen LogP contribution >= 0.6 is 0 Å². The van der Waals surface area contributed by atoms with E-state index in [0.717, 1.165) is 0 Å². The molecular formula is C9H16O5. The van der Waals surface area contributed by atoms with Crippen LogP contribution in [-0.4, -0.2) is 51.6 Å². The van der Waals surface area contributed by atoms with Crippen molar-refractivity contribution in [2.45, 2.75) is 50.8 Å². The SMILES string of the molecule is CC(=O)CC1O[C@@H](C)[C@@H](O)[C@@H](O)[C@@H]1O. The van der Waals surface area contributed by atoms with E-state index in [2.05, 4.69) is 0 Å². The fourth-order valence-electron chi connectivity index (χ4n) is 1.59. The number of ketones is 1. The first-order valence-corrected chi connectivity index (χ1v) is 4.62. The number of ether oxygens (including phenoxy) is 1. The number of hydrogen-bond donors (Lipinski definition) is 3. The number of hydrogen-bond acceptors (Lipinski definition) is 5. The van der Waals surface area contributed by atoms with Gasteiger partial charge < -0.3 is 20.1 Å². The second-order valence-corrected chi connectivity index (χ2v) is 3.76. The second-order valence-electron chi connectivity index (χ2n) is 3.76. The normalized spacial score (nSPS) is 43.6. The summed E-state index contributed by atoms with van der Waals surface area (Å²) in [5.74, 6) is -0.121. The molecule has 1 unspecified atom stereocenters. The molecule has 3 N–H and O–H groups in total. The average Bonchev–Trinajstić information content (AvgIpc) is 2.10. The molecule has 0 aromatic rings. The maximum absolute atomic E-state index is 10.8. The number of Topliss-reactive ketones (excluding diaryl/α,β-unsaturated/α-hetero) is 1. The van der Waals surface area contributed by atoms with Crippen molar-refractivity contribution < 1.29 is 24.9 Å². The molecule has 0 radical (unpaired) electrons. The van der Waals surface area contributed by atoms with Crippen molar-refractivity contribution in [3.8, 4) is 0 Å². The highest BCUT2D eigenvalue weighted by atomic mass is 16.5. The summed E-state index contributed by atoms with van der Waals surface area (Å²) in [6.07, 6.45) is -4.80. The maximum Gasteiger partial charge on any atom is 0.132 e. The van der Waals surface area contributed by atoms with Crippen LogP contribution in [0, 0.1) is 0 Å². The number of aliphatic hydroxyl groups excluding tert-OH is 3. The van der Waals surface area contributed by atoms with Crippen molar-refractivity contribution in [3.63, 3.8) is 0 Å². The highest BCUT2D eigenvalue weighted by Gasteiger charge is 2.41. The predicted molar refractivity (Wildman–Crippen MR) is 47.7 cm³/mol. The molecule has 0 aliphatic carbocycles. The summed E-state index contributed by atoms with van der Waals surface area (Å²) < 4.78 is 5.21. The van der Waals surface area contributed by atoms with Gasteiger partial charge in [-0.15, -0.1) is 0 Å². The molecule has 5 heteroatoms. The molecule has 1 fully saturated rings. The molecule has 0 amide bonds. The molecule has 5 nitrogen and oxygen atoms in total. The molecule has 1 aliphatic rings. The summed E-state index contributed by atoms with van der Waals surface area (Å²) in [7, 11) is 0. The van der Waals surface area contributed by atoms with E-state index in [9.17, 15) is 20.1 Å². The Labute approximate surface area is 82.3 Å². The number of rotatable bonds is 2. The van der Waals surface area contributed by atoms with Gasteiger partial charge in [0.2, 0.25) is 0 Å². The van der Waals surface area contributed by atoms with Gasteiger partial charge in [-0.25, -0.2) is 0 Å². The Balaban J connectivity index is 2.65. The highest BCUT2D eigenvalue weighted by Crippen LogP contribution is 2.22. The van der Waals surface area contributed by atoms with E-state index in [4.69, 9.17) is 4.74 Å². The smallest absolute Gasteiger partial charge is 0.132 e. The molecule has 0 spiro atoms. The summed E-state index contributed by atoms with van der Waals surface area (Å²) in [4.78, 5) is 10.8. The maximum atomic E-state index is 10.8. The topological polar surface area (TPSA) is 87.0 Å². The second kappa shape index (κ2) is 4.35. The van der Waals surface area contributed by atoms with Gasteiger partial charge in [0.15, 0.2) is 0 Å². The van der Waals surface area contributed by atoms with Gasteiger partial charge in [0, 0.05) is 6.42 Å². The Morgan fingerprint density at radius 3 is 2.29 bits per heavy atom. The van der Waals surface area contributed by atoms with Gasteiger partial charge >= 0.3 is 0 Å². The third-order valence-corrected chi connectivity index (χ3v) is 2.44. The molecule has 82 valence electrons. The van der Waals surface area contributed by atoms with Crippen LogP contribution in [0.3, 0.4) is 0 Å². The van der Waals surface area contributed by atoms with E-state index in [1.165, 1.54) is 6.92 Å². The van der Waals surface area contributed by atoms with Crippen LogP contribution < -0.4 is 0 Å². The lowest BCUT2D eigenvalue weighted by atomic mass is 9.93. The van der Waals surface area contributed by atoms with Crippen LogP contribution in [0.5, 0.6) is 0 Å². The van der Waals surface area contributed by atoms with Crippen LogP contribution in [0.15, 0.2) is 0 Å². The molecule has 0 aromatic carbocycles. The van der Waals surface area contributed by atoms with E-state index < -0.39 is 30.5 Å². The van der Waals surface area contributed by atoms with Gasteiger partial charge in [-0.1, -0.05) is 0 Å². The van der Waals surface area contributed by atoms with Gasteiger partial charge in [0.05, 0.1) is 12.2 Å². The van der Waals surface area contributed by atoms with Crippen molar-refractivity contribution in [1.82, 2.24) is 0 Å². The van der Waals surface area contributed by atoms with E-state index >= 15 is 0 Å². The van der Waals surface area contributed by atoms with Crippen LogP contribution in [0.4, 0.5) is 0 Å². The van der Waals surface area contributed by atoms with Crippen LogP contribution in [0.25, 0.3) is 0 Å². The summed E-state index contributed by atoms with van der Waals surface area (Å²) >= 11 is 0. The largest absolute Gasteiger partial charge is 0.388 e. The number of carbonyl (C=O) groups excluding carboxylic acids is 1. The van der Waals surface area contributed by atoms with Crippen molar-refractivity contribution in [3.05, 3.63) is 0 Å². The number of aliphatic hydroxyl groups is 3. The lowest BCUT2D eigenvalue weighted by Gasteiger charge is -2.39. The van der Waals surface area contributed by atoms with Gasteiger partial charge in [0.1, 0.15) is 24.1 Å². The summed E-state index contributed by atoms with van der Waals surface area (Å²) in [5, 5.41) is 28.2. The lowest BCUT2D eigenvalue weighted by molar-refractivity contribution is -0.217. The van der Waals surface area contributed by atoms with Crippen LogP contribution in [0.2, 0.25) is 0 Å². The van der Waals surface area contributed by atoms with E-state index in [1.807, 2.05) is 0 Å². The van der Waals surface area contributed by atoms with Crippen LogP contribution in [0.1, 0.15) is 20.3 Å². The summed E-state index contributed by atoms with van der Waals surface area (Å²) in [6, 6.07) is 0. The minimum absolute atomic E-state index is 0.0509. The van der Waals surface area contributed by atoms with Crippen LogP contribution in [-0.2, 0) is 9.53 Å². The Bertz CT molecular complexity index is 217.